The van der Waals surface area contributed by atoms with Gasteiger partial charge in [-0.05, 0) is 51.0 Å². The van der Waals surface area contributed by atoms with Crippen molar-refractivity contribution in [3.63, 3.8) is 0 Å². The standard InChI is InChI=1S/C16H23N5/c1-16(2,3)20-15-18-11-7-14(19-15)21(4)12-8-13-5-9-17-10-6-13/h5-7,9-11H,8,12H2,1-4H3,(H,18,19,20). The minimum absolute atomic E-state index is 0.0474. The van der Waals surface area contributed by atoms with E-state index in [9.17, 15) is 0 Å². The molecule has 0 atom stereocenters. The van der Waals surface area contributed by atoms with E-state index in [-0.39, 0.29) is 5.54 Å². The smallest absolute Gasteiger partial charge is 0.225 e. The van der Waals surface area contributed by atoms with E-state index in [2.05, 4.69) is 45.9 Å². The molecule has 0 saturated carbocycles. The van der Waals surface area contributed by atoms with Gasteiger partial charge < -0.3 is 10.2 Å². The maximum absolute atomic E-state index is 4.56. The van der Waals surface area contributed by atoms with Gasteiger partial charge in [-0.25, -0.2) is 4.98 Å². The van der Waals surface area contributed by atoms with Crippen molar-refractivity contribution in [3.8, 4) is 0 Å². The summed E-state index contributed by atoms with van der Waals surface area (Å²) >= 11 is 0. The summed E-state index contributed by atoms with van der Waals surface area (Å²) < 4.78 is 0. The molecule has 0 spiro atoms. The number of anilines is 2. The molecule has 0 aliphatic carbocycles. The van der Waals surface area contributed by atoms with Crippen LogP contribution in [-0.2, 0) is 6.42 Å². The molecule has 0 fully saturated rings. The average Bonchev–Trinajstić information content (AvgIpc) is 2.44. The van der Waals surface area contributed by atoms with Crippen LogP contribution >= 0.6 is 0 Å². The van der Waals surface area contributed by atoms with Crippen LogP contribution in [0.2, 0.25) is 0 Å². The normalized spacial score (nSPS) is 11.2. The number of nitrogens with zero attached hydrogens (tertiary/aromatic N) is 4. The van der Waals surface area contributed by atoms with Crippen molar-refractivity contribution in [2.45, 2.75) is 32.7 Å². The number of hydrogen-bond donors (Lipinski definition) is 1. The van der Waals surface area contributed by atoms with Crippen LogP contribution in [0.5, 0.6) is 0 Å². The first kappa shape index (κ1) is 15.2. The van der Waals surface area contributed by atoms with Gasteiger partial charge in [-0.3, -0.25) is 4.98 Å². The number of nitrogens with one attached hydrogen (secondary N) is 1. The minimum Gasteiger partial charge on any atom is -0.359 e. The van der Waals surface area contributed by atoms with Crippen molar-refractivity contribution in [2.24, 2.45) is 0 Å². The lowest BCUT2D eigenvalue weighted by molar-refractivity contribution is 0.625. The largest absolute Gasteiger partial charge is 0.359 e. The van der Waals surface area contributed by atoms with E-state index in [0.717, 1.165) is 18.8 Å². The van der Waals surface area contributed by atoms with Crippen molar-refractivity contribution >= 4 is 11.8 Å². The van der Waals surface area contributed by atoms with Crippen LogP contribution in [0.1, 0.15) is 26.3 Å². The van der Waals surface area contributed by atoms with E-state index in [1.54, 1.807) is 6.20 Å². The molecule has 5 heteroatoms. The summed E-state index contributed by atoms with van der Waals surface area (Å²) in [5.74, 6) is 1.58. The third kappa shape index (κ3) is 5.02. The fraction of sp³-hybridized carbons (Fsp3) is 0.438. The van der Waals surface area contributed by atoms with Crippen LogP contribution in [0, 0.1) is 0 Å². The molecular weight excluding hydrogens is 262 g/mol. The van der Waals surface area contributed by atoms with Gasteiger partial charge in [0, 0.05) is 37.7 Å². The van der Waals surface area contributed by atoms with Crippen LogP contribution in [0.3, 0.4) is 0 Å². The third-order valence-electron chi connectivity index (χ3n) is 3.00. The second kappa shape index (κ2) is 6.52. The number of hydrogen-bond acceptors (Lipinski definition) is 5. The summed E-state index contributed by atoms with van der Waals surface area (Å²) in [5.41, 5.74) is 1.23. The Balaban J connectivity index is 1.99. The number of likely N-dealkylation sites (N-methyl/N-ethyl adjacent to an activating group) is 1. The zero-order valence-electron chi connectivity index (χ0n) is 13.2. The number of pyridine rings is 1. The first-order valence-corrected chi connectivity index (χ1v) is 7.15. The summed E-state index contributed by atoms with van der Waals surface area (Å²) in [6, 6.07) is 6.02. The van der Waals surface area contributed by atoms with Gasteiger partial charge in [0.2, 0.25) is 5.95 Å². The molecule has 0 radical (unpaired) electrons. The van der Waals surface area contributed by atoms with Crippen molar-refractivity contribution in [1.82, 2.24) is 15.0 Å². The molecule has 1 N–H and O–H groups in total. The highest BCUT2D eigenvalue weighted by Crippen LogP contribution is 2.14. The lowest BCUT2D eigenvalue weighted by atomic mass is 10.1. The highest BCUT2D eigenvalue weighted by molar-refractivity contribution is 5.42. The van der Waals surface area contributed by atoms with Crippen LogP contribution in [0.4, 0.5) is 11.8 Å². The summed E-state index contributed by atoms with van der Waals surface area (Å²) in [7, 11) is 2.05. The molecule has 0 aliphatic rings. The summed E-state index contributed by atoms with van der Waals surface area (Å²) in [5, 5.41) is 3.29. The lowest BCUT2D eigenvalue weighted by Crippen LogP contribution is -2.28. The van der Waals surface area contributed by atoms with Gasteiger partial charge in [0.25, 0.3) is 0 Å². The fourth-order valence-electron chi connectivity index (χ4n) is 1.92. The molecule has 0 amide bonds. The molecule has 0 unspecified atom stereocenters. The maximum Gasteiger partial charge on any atom is 0.225 e. The quantitative estimate of drug-likeness (QED) is 0.915. The van der Waals surface area contributed by atoms with Crippen LogP contribution in [0.15, 0.2) is 36.8 Å². The number of aromatic nitrogens is 3. The molecule has 0 aromatic carbocycles. The monoisotopic (exact) mass is 285 g/mol. The van der Waals surface area contributed by atoms with E-state index >= 15 is 0 Å². The Morgan fingerprint density at radius 1 is 1.10 bits per heavy atom. The van der Waals surface area contributed by atoms with Gasteiger partial charge in [0.05, 0.1) is 0 Å². The minimum atomic E-state index is -0.0474. The molecule has 5 nitrogen and oxygen atoms in total. The Bertz CT molecular complexity index is 562. The Kier molecular flexibility index (Phi) is 4.73. The highest BCUT2D eigenvalue weighted by atomic mass is 15.2. The topological polar surface area (TPSA) is 53.9 Å². The van der Waals surface area contributed by atoms with Crippen molar-refractivity contribution in [3.05, 3.63) is 42.4 Å². The molecule has 2 rings (SSSR count). The maximum atomic E-state index is 4.56. The van der Waals surface area contributed by atoms with Gasteiger partial charge in [0.15, 0.2) is 0 Å². The fourth-order valence-corrected chi connectivity index (χ4v) is 1.92. The van der Waals surface area contributed by atoms with Crippen LogP contribution in [0.25, 0.3) is 0 Å². The highest BCUT2D eigenvalue weighted by Gasteiger charge is 2.12. The molecule has 0 aliphatic heterocycles. The summed E-state index contributed by atoms with van der Waals surface area (Å²) in [6.07, 6.45) is 6.40. The van der Waals surface area contributed by atoms with Gasteiger partial charge in [0.1, 0.15) is 5.82 Å². The first-order valence-electron chi connectivity index (χ1n) is 7.15. The van der Waals surface area contributed by atoms with E-state index in [1.165, 1.54) is 5.56 Å². The average molecular weight is 285 g/mol. The van der Waals surface area contributed by atoms with E-state index in [4.69, 9.17) is 0 Å². The molecule has 2 aromatic heterocycles. The Morgan fingerprint density at radius 2 is 1.81 bits per heavy atom. The van der Waals surface area contributed by atoms with Gasteiger partial charge in [-0.1, -0.05) is 0 Å². The first-order chi connectivity index (χ1) is 9.94. The molecule has 2 heterocycles. The van der Waals surface area contributed by atoms with Gasteiger partial charge in [-0.2, -0.15) is 4.98 Å². The van der Waals surface area contributed by atoms with E-state index < -0.39 is 0 Å². The second-order valence-electron chi connectivity index (χ2n) is 6.14. The van der Waals surface area contributed by atoms with Gasteiger partial charge >= 0.3 is 0 Å². The van der Waals surface area contributed by atoms with Crippen molar-refractivity contribution in [1.29, 1.82) is 0 Å². The Labute approximate surface area is 126 Å². The zero-order valence-corrected chi connectivity index (χ0v) is 13.2. The summed E-state index contributed by atoms with van der Waals surface area (Å²) in [6.45, 7) is 7.18. The molecular formula is C16H23N5. The summed E-state index contributed by atoms with van der Waals surface area (Å²) in [4.78, 5) is 15.0. The molecule has 0 saturated heterocycles. The molecule has 2 aromatic rings. The van der Waals surface area contributed by atoms with Crippen LogP contribution < -0.4 is 10.2 Å². The van der Waals surface area contributed by atoms with E-state index in [0.29, 0.717) is 5.95 Å². The Hall–Kier alpha value is -2.17. The van der Waals surface area contributed by atoms with Gasteiger partial charge in [-0.15, -0.1) is 0 Å². The van der Waals surface area contributed by atoms with Crippen molar-refractivity contribution < 1.29 is 0 Å². The molecule has 21 heavy (non-hydrogen) atoms. The predicted octanol–water partition coefficient (Wildman–Crippen LogP) is 2.76. The molecule has 112 valence electrons. The van der Waals surface area contributed by atoms with Crippen LogP contribution in [-0.4, -0.2) is 34.1 Å². The second-order valence-corrected chi connectivity index (χ2v) is 6.14. The third-order valence-corrected chi connectivity index (χ3v) is 3.00. The lowest BCUT2D eigenvalue weighted by Gasteiger charge is -2.22. The zero-order chi connectivity index (χ0) is 15.3. The van der Waals surface area contributed by atoms with Crippen molar-refractivity contribution in [2.75, 3.05) is 23.8 Å². The number of rotatable bonds is 5. The predicted molar refractivity (Wildman–Crippen MR) is 86.6 cm³/mol. The SMILES string of the molecule is CN(CCc1ccncc1)c1ccnc(NC(C)(C)C)n1. The Morgan fingerprint density at radius 3 is 2.48 bits per heavy atom. The molecule has 0 bridgehead atoms. The van der Waals surface area contributed by atoms with E-state index in [1.807, 2.05) is 37.6 Å².